The maximum absolute atomic E-state index is 9.03. The Morgan fingerprint density at radius 2 is 1.89 bits per heavy atom. The molecule has 0 saturated heterocycles. The number of rotatable bonds is 8. The molecule has 1 rings (SSSR count). The van der Waals surface area contributed by atoms with Gasteiger partial charge in [-0.25, -0.2) is 4.68 Å². The van der Waals surface area contributed by atoms with E-state index in [0.29, 0.717) is 18.1 Å². The topological polar surface area (TPSA) is 50.8 Å². The number of hydrogen-bond acceptors (Lipinski definition) is 3. The highest BCUT2D eigenvalue weighted by molar-refractivity contribution is 5.41. The molecule has 0 aromatic carbocycles. The third kappa shape index (κ3) is 4.06. The first-order valence-electron chi connectivity index (χ1n) is 6.77. The zero-order chi connectivity index (χ0) is 13.4. The maximum atomic E-state index is 9.03. The Hall–Kier alpha value is -1.50. The van der Waals surface area contributed by atoms with Crippen LogP contribution in [0.4, 0.5) is 0 Å². The van der Waals surface area contributed by atoms with Crippen LogP contribution in [0.15, 0.2) is 0 Å². The summed E-state index contributed by atoms with van der Waals surface area (Å²) in [6.07, 6.45) is 7.41. The number of nitriles is 1. The Morgan fingerprint density at radius 1 is 1.22 bits per heavy atom. The lowest BCUT2D eigenvalue weighted by atomic mass is 10.1. The van der Waals surface area contributed by atoms with E-state index < -0.39 is 0 Å². The molecule has 1 aromatic rings. The van der Waals surface area contributed by atoms with Gasteiger partial charge in [-0.3, -0.25) is 0 Å². The average molecular weight is 249 g/mol. The van der Waals surface area contributed by atoms with Gasteiger partial charge in [0.25, 0.3) is 0 Å². The Labute approximate surface area is 110 Å². The van der Waals surface area contributed by atoms with E-state index in [1.165, 1.54) is 32.1 Å². The number of aromatic nitrogens is 2. The summed E-state index contributed by atoms with van der Waals surface area (Å²) in [5.41, 5.74) is 1.29. The van der Waals surface area contributed by atoms with E-state index in [0.717, 1.165) is 12.1 Å². The number of aryl methyl sites for hydroxylation is 2. The first-order valence-corrected chi connectivity index (χ1v) is 6.77. The molecule has 0 aliphatic heterocycles. The molecule has 1 heterocycles. The number of unbranched alkanes of at least 4 members (excludes halogenated alkanes) is 5. The molecule has 0 amide bonds. The quantitative estimate of drug-likeness (QED) is 0.664. The van der Waals surface area contributed by atoms with Gasteiger partial charge >= 0.3 is 0 Å². The first kappa shape index (κ1) is 14.6. The SMILES string of the molecule is CCCCCCCCOc1c(C#N)c(C)nn1C. The lowest BCUT2D eigenvalue weighted by molar-refractivity contribution is 0.278. The Balaban J connectivity index is 2.30. The Morgan fingerprint density at radius 3 is 2.56 bits per heavy atom. The van der Waals surface area contributed by atoms with Crippen molar-refractivity contribution in [3.05, 3.63) is 11.3 Å². The summed E-state index contributed by atoms with van der Waals surface area (Å²) < 4.78 is 7.31. The molecule has 1 aromatic heterocycles. The molecule has 18 heavy (non-hydrogen) atoms. The van der Waals surface area contributed by atoms with Crippen LogP contribution in [-0.2, 0) is 7.05 Å². The summed E-state index contributed by atoms with van der Waals surface area (Å²) in [5, 5.41) is 13.2. The van der Waals surface area contributed by atoms with Crippen LogP contribution in [0.1, 0.15) is 56.7 Å². The van der Waals surface area contributed by atoms with Crippen LogP contribution in [0.5, 0.6) is 5.88 Å². The summed E-state index contributed by atoms with van der Waals surface area (Å²) in [4.78, 5) is 0. The number of hydrogen-bond donors (Lipinski definition) is 0. The van der Waals surface area contributed by atoms with E-state index in [9.17, 15) is 0 Å². The molecule has 100 valence electrons. The molecule has 0 unspecified atom stereocenters. The smallest absolute Gasteiger partial charge is 0.230 e. The van der Waals surface area contributed by atoms with Crippen molar-refractivity contribution in [3.8, 4) is 11.9 Å². The van der Waals surface area contributed by atoms with Crippen molar-refractivity contribution in [3.63, 3.8) is 0 Å². The molecule has 0 bridgehead atoms. The zero-order valence-electron chi connectivity index (χ0n) is 11.7. The lowest BCUT2D eigenvalue weighted by Gasteiger charge is -2.06. The predicted molar refractivity (Wildman–Crippen MR) is 71.5 cm³/mol. The van der Waals surface area contributed by atoms with Crippen LogP contribution in [0.25, 0.3) is 0 Å². The normalized spacial score (nSPS) is 10.3. The van der Waals surface area contributed by atoms with Gasteiger partial charge in [-0.1, -0.05) is 39.0 Å². The van der Waals surface area contributed by atoms with Gasteiger partial charge < -0.3 is 4.74 Å². The highest BCUT2D eigenvalue weighted by Gasteiger charge is 2.13. The molecule has 0 radical (unpaired) electrons. The third-order valence-corrected chi connectivity index (χ3v) is 3.02. The van der Waals surface area contributed by atoms with Crippen molar-refractivity contribution in [2.24, 2.45) is 7.05 Å². The van der Waals surface area contributed by atoms with Crippen molar-refractivity contribution < 1.29 is 4.74 Å². The standard InChI is InChI=1S/C14H23N3O/c1-4-5-6-7-8-9-10-18-14-13(11-15)12(2)16-17(14)3/h4-10H2,1-3H3. The fourth-order valence-corrected chi connectivity index (χ4v) is 1.98. The van der Waals surface area contributed by atoms with Gasteiger partial charge in [0, 0.05) is 7.05 Å². The molecule has 0 aliphatic carbocycles. The highest BCUT2D eigenvalue weighted by atomic mass is 16.5. The van der Waals surface area contributed by atoms with Crippen molar-refractivity contribution in [2.45, 2.75) is 52.4 Å². The molecule has 0 saturated carbocycles. The van der Waals surface area contributed by atoms with Gasteiger partial charge in [-0.05, 0) is 13.3 Å². The van der Waals surface area contributed by atoms with Gasteiger partial charge in [0.05, 0.1) is 12.3 Å². The van der Waals surface area contributed by atoms with Crippen molar-refractivity contribution in [1.82, 2.24) is 9.78 Å². The minimum Gasteiger partial charge on any atom is -0.477 e. The van der Waals surface area contributed by atoms with Gasteiger partial charge in [0.1, 0.15) is 11.6 Å². The highest BCUT2D eigenvalue weighted by Crippen LogP contribution is 2.20. The molecule has 0 N–H and O–H groups in total. The van der Waals surface area contributed by atoms with Crippen LogP contribution < -0.4 is 4.74 Å². The summed E-state index contributed by atoms with van der Waals surface area (Å²) in [5.74, 6) is 0.601. The third-order valence-electron chi connectivity index (χ3n) is 3.02. The minimum absolute atomic E-state index is 0.559. The Bertz CT molecular complexity index is 404. The second-order valence-electron chi connectivity index (χ2n) is 4.62. The second kappa shape index (κ2) is 7.75. The van der Waals surface area contributed by atoms with Gasteiger partial charge in [-0.15, -0.1) is 0 Å². The van der Waals surface area contributed by atoms with E-state index in [1.54, 1.807) is 4.68 Å². The lowest BCUT2D eigenvalue weighted by Crippen LogP contribution is -2.03. The minimum atomic E-state index is 0.559. The van der Waals surface area contributed by atoms with Crippen molar-refractivity contribution in [1.29, 1.82) is 5.26 Å². The fraction of sp³-hybridized carbons (Fsp3) is 0.714. The Kier molecular flexibility index (Phi) is 6.27. The molecular weight excluding hydrogens is 226 g/mol. The van der Waals surface area contributed by atoms with E-state index in [2.05, 4.69) is 18.1 Å². The molecule has 0 atom stereocenters. The van der Waals surface area contributed by atoms with E-state index in [-0.39, 0.29) is 0 Å². The van der Waals surface area contributed by atoms with Crippen LogP contribution >= 0.6 is 0 Å². The largest absolute Gasteiger partial charge is 0.477 e. The van der Waals surface area contributed by atoms with Crippen LogP contribution in [0.3, 0.4) is 0 Å². The molecule has 4 heteroatoms. The second-order valence-corrected chi connectivity index (χ2v) is 4.62. The van der Waals surface area contributed by atoms with Crippen LogP contribution in [-0.4, -0.2) is 16.4 Å². The summed E-state index contributed by atoms with van der Waals surface area (Å²) in [6.45, 7) is 4.72. The van der Waals surface area contributed by atoms with Crippen LogP contribution in [0, 0.1) is 18.3 Å². The van der Waals surface area contributed by atoms with Crippen molar-refractivity contribution >= 4 is 0 Å². The zero-order valence-corrected chi connectivity index (χ0v) is 11.7. The first-order chi connectivity index (χ1) is 8.70. The summed E-state index contributed by atoms with van der Waals surface area (Å²) in [7, 11) is 1.81. The number of ether oxygens (including phenoxy) is 1. The summed E-state index contributed by atoms with van der Waals surface area (Å²) >= 11 is 0. The van der Waals surface area contributed by atoms with Gasteiger partial charge in [-0.2, -0.15) is 10.4 Å². The molecule has 0 spiro atoms. The van der Waals surface area contributed by atoms with Gasteiger partial charge in [0.15, 0.2) is 0 Å². The average Bonchev–Trinajstić information content (AvgIpc) is 2.62. The monoisotopic (exact) mass is 249 g/mol. The van der Waals surface area contributed by atoms with Crippen LogP contribution in [0.2, 0.25) is 0 Å². The number of nitrogens with zero attached hydrogens (tertiary/aromatic N) is 3. The van der Waals surface area contributed by atoms with Gasteiger partial charge in [0.2, 0.25) is 5.88 Å². The molecular formula is C14H23N3O. The molecule has 0 aliphatic rings. The van der Waals surface area contributed by atoms with E-state index >= 15 is 0 Å². The predicted octanol–water partition coefficient (Wildman–Crippen LogP) is 3.34. The van der Waals surface area contributed by atoms with E-state index in [1.807, 2.05) is 14.0 Å². The van der Waals surface area contributed by atoms with Crippen molar-refractivity contribution in [2.75, 3.05) is 6.61 Å². The fourth-order valence-electron chi connectivity index (χ4n) is 1.98. The molecule has 4 nitrogen and oxygen atoms in total. The van der Waals surface area contributed by atoms with E-state index in [4.69, 9.17) is 10.00 Å². The maximum Gasteiger partial charge on any atom is 0.230 e. The summed E-state index contributed by atoms with van der Waals surface area (Å²) in [6, 6.07) is 2.15. The molecule has 0 fully saturated rings.